The number of unbranched alkanes of at least 4 members (excludes halogenated alkanes) is 1. The Labute approximate surface area is 137 Å². The molecule has 0 saturated heterocycles. The van der Waals surface area contributed by atoms with Crippen LogP contribution in [0.1, 0.15) is 33.1 Å². The van der Waals surface area contributed by atoms with Crippen molar-refractivity contribution in [1.29, 1.82) is 0 Å². The molecular weight excluding hydrogens is 317 g/mol. The first kappa shape index (κ1) is 17.1. The first-order valence-electron chi connectivity index (χ1n) is 7.32. The summed E-state index contributed by atoms with van der Waals surface area (Å²) in [6.07, 6.45) is 2.22. The van der Waals surface area contributed by atoms with Gasteiger partial charge < -0.3 is 10.6 Å². The molecule has 2 rings (SSSR count). The van der Waals surface area contributed by atoms with E-state index in [0.29, 0.717) is 28.5 Å². The summed E-state index contributed by atoms with van der Waals surface area (Å²) in [5, 5.41) is 7.37. The van der Waals surface area contributed by atoms with Gasteiger partial charge in [0.2, 0.25) is 11.8 Å². The van der Waals surface area contributed by atoms with Crippen molar-refractivity contribution in [3.8, 4) is 11.3 Å². The number of hydrogen-bond donors (Lipinski definition) is 2. The minimum atomic E-state index is -0.481. The number of benzene rings is 1. The largest absolute Gasteiger partial charge is 0.326 e. The monoisotopic (exact) mass is 335 g/mol. The summed E-state index contributed by atoms with van der Waals surface area (Å²) >= 11 is 1.25. The molecule has 23 heavy (non-hydrogen) atoms. The van der Waals surface area contributed by atoms with Crippen LogP contribution in [0.3, 0.4) is 0 Å². The average Bonchev–Trinajstić information content (AvgIpc) is 2.92. The van der Waals surface area contributed by atoms with Crippen LogP contribution in [0.15, 0.2) is 23.6 Å². The molecule has 5 nitrogen and oxygen atoms in total. The minimum Gasteiger partial charge on any atom is -0.326 e. The van der Waals surface area contributed by atoms with Crippen LogP contribution in [-0.4, -0.2) is 16.8 Å². The highest BCUT2D eigenvalue weighted by Gasteiger charge is 2.12. The van der Waals surface area contributed by atoms with Gasteiger partial charge >= 0.3 is 0 Å². The topological polar surface area (TPSA) is 71.1 Å². The lowest BCUT2D eigenvalue weighted by Crippen LogP contribution is -2.10. The number of nitrogens with one attached hydrogen (secondary N) is 2. The third-order valence-electron chi connectivity index (χ3n) is 3.07. The molecule has 1 aromatic carbocycles. The second kappa shape index (κ2) is 7.82. The van der Waals surface area contributed by atoms with Gasteiger partial charge in [0, 0.05) is 30.0 Å². The van der Waals surface area contributed by atoms with Crippen molar-refractivity contribution in [3.63, 3.8) is 0 Å². The third-order valence-corrected chi connectivity index (χ3v) is 3.83. The molecule has 7 heteroatoms. The maximum Gasteiger partial charge on any atom is 0.226 e. The number of thiazole rings is 1. The van der Waals surface area contributed by atoms with E-state index >= 15 is 0 Å². The molecule has 0 spiro atoms. The van der Waals surface area contributed by atoms with E-state index in [4.69, 9.17) is 0 Å². The third kappa shape index (κ3) is 4.85. The fraction of sp³-hybridized carbons (Fsp3) is 0.312. The van der Waals surface area contributed by atoms with E-state index in [9.17, 15) is 14.0 Å². The smallest absolute Gasteiger partial charge is 0.226 e. The van der Waals surface area contributed by atoms with Gasteiger partial charge in [-0.25, -0.2) is 9.37 Å². The lowest BCUT2D eigenvalue weighted by atomic mass is 10.1. The number of carbonyl (C=O) groups excluding carboxylic acids is 2. The average molecular weight is 335 g/mol. The number of hydrogen-bond acceptors (Lipinski definition) is 4. The van der Waals surface area contributed by atoms with E-state index in [2.05, 4.69) is 15.6 Å². The van der Waals surface area contributed by atoms with Gasteiger partial charge in [-0.15, -0.1) is 11.3 Å². The summed E-state index contributed by atoms with van der Waals surface area (Å²) in [7, 11) is 0. The number of aromatic nitrogens is 1. The number of amides is 2. The van der Waals surface area contributed by atoms with Crippen LogP contribution in [-0.2, 0) is 9.59 Å². The Morgan fingerprint density at radius 2 is 2.09 bits per heavy atom. The van der Waals surface area contributed by atoms with Gasteiger partial charge in [-0.3, -0.25) is 9.59 Å². The summed E-state index contributed by atoms with van der Waals surface area (Å²) in [5.41, 5.74) is 1.17. The van der Waals surface area contributed by atoms with E-state index < -0.39 is 5.82 Å². The van der Waals surface area contributed by atoms with E-state index in [1.807, 2.05) is 6.92 Å². The number of rotatable bonds is 6. The highest BCUT2D eigenvalue weighted by atomic mass is 32.1. The van der Waals surface area contributed by atoms with E-state index in [1.165, 1.54) is 24.3 Å². The van der Waals surface area contributed by atoms with Crippen LogP contribution < -0.4 is 10.6 Å². The van der Waals surface area contributed by atoms with Crippen LogP contribution >= 0.6 is 11.3 Å². The molecule has 122 valence electrons. The molecule has 0 aliphatic rings. The van der Waals surface area contributed by atoms with Crippen molar-refractivity contribution in [2.45, 2.75) is 33.1 Å². The first-order valence-corrected chi connectivity index (χ1v) is 8.20. The Bertz CT molecular complexity index is 715. The summed E-state index contributed by atoms with van der Waals surface area (Å²) in [6, 6.07) is 4.41. The van der Waals surface area contributed by atoms with Gasteiger partial charge in [-0.1, -0.05) is 13.3 Å². The summed E-state index contributed by atoms with van der Waals surface area (Å²) < 4.78 is 14.2. The molecule has 1 aromatic heterocycles. The summed E-state index contributed by atoms with van der Waals surface area (Å²) in [4.78, 5) is 26.9. The highest BCUT2D eigenvalue weighted by Crippen LogP contribution is 2.28. The highest BCUT2D eigenvalue weighted by molar-refractivity contribution is 7.14. The van der Waals surface area contributed by atoms with Crippen molar-refractivity contribution in [3.05, 3.63) is 29.4 Å². The van der Waals surface area contributed by atoms with Crippen LogP contribution in [0.5, 0.6) is 0 Å². The molecule has 0 radical (unpaired) electrons. The van der Waals surface area contributed by atoms with E-state index in [-0.39, 0.29) is 11.8 Å². The number of anilines is 2. The maximum atomic E-state index is 14.2. The number of halogens is 1. The number of nitrogens with zero attached hydrogens (tertiary/aromatic N) is 1. The molecule has 2 N–H and O–H groups in total. The zero-order chi connectivity index (χ0) is 16.8. The van der Waals surface area contributed by atoms with E-state index in [0.717, 1.165) is 12.8 Å². The van der Waals surface area contributed by atoms with Gasteiger partial charge in [-0.05, 0) is 24.6 Å². The molecule has 0 fully saturated rings. The standard InChI is InChI=1S/C16H18FN3O2S/c1-3-4-5-15(22)20-16-19-14(9-23-16)12-7-6-11(8-13(12)17)18-10(2)21/h6-9H,3-5H2,1-2H3,(H,18,21)(H,19,20,22). The molecule has 2 amide bonds. The van der Waals surface area contributed by atoms with Crippen molar-refractivity contribution < 1.29 is 14.0 Å². The predicted molar refractivity (Wildman–Crippen MR) is 90.0 cm³/mol. The maximum absolute atomic E-state index is 14.2. The lowest BCUT2D eigenvalue weighted by molar-refractivity contribution is -0.116. The van der Waals surface area contributed by atoms with Crippen molar-refractivity contribution in [1.82, 2.24) is 4.98 Å². The Balaban J connectivity index is 2.11. The van der Waals surface area contributed by atoms with Crippen molar-refractivity contribution in [2.24, 2.45) is 0 Å². The molecule has 2 aromatic rings. The zero-order valence-electron chi connectivity index (χ0n) is 13.0. The first-order chi connectivity index (χ1) is 11.0. The molecule has 0 aliphatic carbocycles. The van der Waals surface area contributed by atoms with Crippen molar-refractivity contribution in [2.75, 3.05) is 10.6 Å². The summed E-state index contributed by atoms with van der Waals surface area (Å²) in [5.74, 6) is -0.831. The Morgan fingerprint density at radius 3 is 2.74 bits per heavy atom. The van der Waals surface area contributed by atoms with Crippen LogP contribution in [0.4, 0.5) is 15.2 Å². The van der Waals surface area contributed by atoms with Crippen LogP contribution in [0.25, 0.3) is 11.3 Å². The van der Waals surface area contributed by atoms with Gasteiger partial charge in [0.15, 0.2) is 5.13 Å². The molecule has 0 bridgehead atoms. The van der Waals surface area contributed by atoms with Crippen LogP contribution in [0, 0.1) is 5.82 Å². The minimum absolute atomic E-state index is 0.0887. The quantitative estimate of drug-likeness (QED) is 0.837. The Morgan fingerprint density at radius 1 is 1.30 bits per heavy atom. The predicted octanol–water partition coefficient (Wildman–Crippen LogP) is 4.04. The molecule has 0 atom stereocenters. The van der Waals surface area contributed by atoms with Gasteiger partial charge in [0.05, 0.1) is 5.69 Å². The van der Waals surface area contributed by atoms with Gasteiger partial charge in [-0.2, -0.15) is 0 Å². The molecule has 1 heterocycles. The van der Waals surface area contributed by atoms with Gasteiger partial charge in [0.25, 0.3) is 0 Å². The fourth-order valence-corrected chi connectivity index (χ4v) is 2.70. The second-order valence-electron chi connectivity index (χ2n) is 5.07. The van der Waals surface area contributed by atoms with Crippen molar-refractivity contribution >= 4 is 34.0 Å². The van der Waals surface area contributed by atoms with Crippen LogP contribution in [0.2, 0.25) is 0 Å². The molecule has 0 unspecified atom stereocenters. The van der Waals surface area contributed by atoms with Gasteiger partial charge in [0.1, 0.15) is 5.82 Å². The molecule has 0 saturated carbocycles. The lowest BCUT2D eigenvalue weighted by Gasteiger charge is -2.05. The Kier molecular flexibility index (Phi) is 5.81. The SMILES string of the molecule is CCCCC(=O)Nc1nc(-c2ccc(NC(C)=O)cc2F)cs1. The summed E-state index contributed by atoms with van der Waals surface area (Å²) in [6.45, 7) is 3.38. The second-order valence-corrected chi connectivity index (χ2v) is 5.92. The van der Waals surface area contributed by atoms with E-state index in [1.54, 1.807) is 17.5 Å². The molecular formula is C16H18FN3O2S. The Hall–Kier alpha value is -2.28. The number of carbonyl (C=O) groups is 2. The zero-order valence-corrected chi connectivity index (χ0v) is 13.8. The fourth-order valence-electron chi connectivity index (χ4n) is 1.98. The normalized spacial score (nSPS) is 10.4. The molecule has 0 aliphatic heterocycles.